The van der Waals surface area contributed by atoms with Crippen LogP contribution in [0.2, 0.25) is 0 Å². The molecule has 2 atom stereocenters. The molecule has 3 N–H and O–H groups in total. The lowest BCUT2D eigenvalue weighted by Gasteiger charge is -2.19. The molecule has 2 unspecified atom stereocenters. The van der Waals surface area contributed by atoms with E-state index in [9.17, 15) is 0 Å². The lowest BCUT2D eigenvalue weighted by molar-refractivity contribution is 0.0360. The zero-order chi connectivity index (χ0) is 10.4. The fourth-order valence-corrected chi connectivity index (χ4v) is 1.74. The fourth-order valence-electron chi connectivity index (χ4n) is 1.74. The number of nitrogens with two attached hydrogens (primary N) is 1. The fraction of sp³-hybridized carbons (Fsp3) is 0.900. The molecule has 1 aliphatic heterocycles. The minimum Gasteiger partial charge on any atom is -0.387 e. The Balaban J connectivity index is 2.34. The first-order valence-corrected chi connectivity index (χ1v) is 5.29. The van der Waals surface area contributed by atoms with E-state index < -0.39 is 0 Å². The van der Waals surface area contributed by atoms with Gasteiger partial charge in [0.15, 0.2) is 0 Å². The Bertz CT molecular complexity index is 179. The van der Waals surface area contributed by atoms with Crippen molar-refractivity contribution >= 4 is 5.84 Å². The Labute approximate surface area is 85.3 Å². The Morgan fingerprint density at radius 2 is 2.36 bits per heavy atom. The van der Waals surface area contributed by atoms with Crippen molar-refractivity contribution in [2.75, 3.05) is 13.4 Å². The Morgan fingerprint density at radius 1 is 1.57 bits per heavy atom. The summed E-state index contributed by atoms with van der Waals surface area (Å²) in [7, 11) is 0. The second-order valence-corrected chi connectivity index (χ2v) is 3.75. The lowest BCUT2D eigenvalue weighted by atomic mass is 9.95. The number of unbranched alkanes of at least 4 members (excludes halogenated alkanes) is 2. The molecule has 0 saturated carbocycles. The molecule has 1 rings (SSSR count). The van der Waals surface area contributed by atoms with Crippen molar-refractivity contribution in [2.24, 2.45) is 11.7 Å². The molecule has 4 heteroatoms. The van der Waals surface area contributed by atoms with Gasteiger partial charge in [-0.15, -0.1) is 0 Å². The van der Waals surface area contributed by atoms with Gasteiger partial charge in [-0.2, -0.15) is 0 Å². The molecule has 0 radical (unpaired) electrons. The van der Waals surface area contributed by atoms with Crippen LogP contribution < -0.4 is 5.73 Å². The van der Waals surface area contributed by atoms with Crippen LogP contribution in [-0.2, 0) is 9.47 Å². The largest absolute Gasteiger partial charge is 0.387 e. The van der Waals surface area contributed by atoms with Gasteiger partial charge in [-0.1, -0.05) is 26.2 Å². The highest BCUT2D eigenvalue weighted by Crippen LogP contribution is 2.20. The summed E-state index contributed by atoms with van der Waals surface area (Å²) in [4.78, 5) is 0. The standard InChI is InChI=1S/C10H20N2O2/c1-2-3-4-5-8(10(11)12)9-6-13-7-14-9/h8-9H,2-7H2,1H3,(H3,11,12). The molecule has 4 nitrogen and oxygen atoms in total. The number of amidine groups is 1. The summed E-state index contributed by atoms with van der Waals surface area (Å²) >= 11 is 0. The molecule has 0 aliphatic carbocycles. The number of rotatable bonds is 6. The summed E-state index contributed by atoms with van der Waals surface area (Å²) in [6.07, 6.45) is 4.44. The molecular weight excluding hydrogens is 180 g/mol. The second-order valence-electron chi connectivity index (χ2n) is 3.75. The van der Waals surface area contributed by atoms with Crippen LogP contribution in [0.25, 0.3) is 0 Å². The average molecular weight is 200 g/mol. The molecule has 0 bridgehead atoms. The highest BCUT2D eigenvalue weighted by molar-refractivity contribution is 5.80. The zero-order valence-electron chi connectivity index (χ0n) is 8.79. The third kappa shape index (κ3) is 3.27. The van der Waals surface area contributed by atoms with E-state index in [1.165, 1.54) is 12.8 Å². The molecule has 1 aliphatic rings. The molecule has 0 spiro atoms. The predicted octanol–water partition coefficient (Wildman–Crippen LogP) is 1.49. The SMILES string of the molecule is CCCCCC(C(=N)N)C1COCO1. The molecule has 0 aromatic carbocycles. The maximum atomic E-state index is 7.49. The van der Waals surface area contributed by atoms with E-state index in [0.717, 1.165) is 12.8 Å². The topological polar surface area (TPSA) is 68.3 Å². The minimum atomic E-state index is 0.00403. The van der Waals surface area contributed by atoms with Crippen LogP contribution >= 0.6 is 0 Å². The Hall–Kier alpha value is -0.610. The van der Waals surface area contributed by atoms with E-state index in [1.807, 2.05) is 0 Å². The second kappa shape index (κ2) is 5.98. The third-order valence-electron chi connectivity index (χ3n) is 2.61. The van der Waals surface area contributed by atoms with Crippen molar-refractivity contribution < 1.29 is 9.47 Å². The molecule has 1 fully saturated rings. The van der Waals surface area contributed by atoms with Gasteiger partial charge in [0.25, 0.3) is 0 Å². The first-order chi connectivity index (χ1) is 6.75. The van der Waals surface area contributed by atoms with Crippen LogP contribution in [0.3, 0.4) is 0 Å². The van der Waals surface area contributed by atoms with Crippen LogP contribution in [0.1, 0.15) is 32.6 Å². The lowest BCUT2D eigenvalue weighted by Crippen LogP contribution is -2.34. The molecule has 0 amide bonds. The van der Waals surface area contributed by atoms with Crippen molar-refractivity contribution in [1.29, 1.82) is 5.41 Å². The van der Waals surface area contributed by atoms with Gasteiger partial charge in [0.1, 0.15) is 6.79 Å². The summed E-state index contributed by atoms with van der Waals surface area (Å²) < 4.78 is 10.5. The van der Waals surface area contributed by atoms with E-state index in [1.54, 1.807) is 0 Å². The van der Waals surface area contributed by atoms with Gasteiger partial charge in [-0.05, 0) is 6.42 Å². The Morgan fingerprint density at radius 3 is 2.86 bits per heavy atom. The predicted molar refractivity (Wildman–Crippen MR) is 55.2 cm³/mol. The highest BCUT2D eigenvalue weighted by atomic mass is 16.7. The normalized spacial score (nSPS) is 23.6. The van der Waals surface area contributed by atoms with Crippen LogP contribution in [0.4, 0.5) is 0 Å². The third-order valence-corrected chi connectivity index (χ3v) is 2.61. The van der Waals surface area contributed by atoms with E-state index in [2.05, 4.69) is 6.92 Å². The highest BCUT2D eigenvalue weighted by Gasteiger charge is 2.28. The molecule has 14 heavy (non-hydrogen) atoms. The van der Waals surface area contributed by atoms with E-state index in [0.29, 0.717) is 13.4 Å². The maximum absolute atomic E-state index is 7.49. The molecule has 0 aromatic heterocycles. The van der Waals surface area contributed by atoms with Crippen molar-refractivity contribution in [2.45, 2.75) is 38.7 Å². The summed E-state index contributed by atoms with van der Waals surface area (Å²) in [5, 5.41) is 7.49. The molecule has 1 saturated heterocycles. The molecule has 82 valence electrons. The van der Waals surface area contributed by atoms with Crippen molar-refractivity contribution in [3.8, 4) is 0 Å². The van der Waals surface area contributed by atoms with E-state index in [-0.39, 0.29) is 17.9 Å². The molecule has 0 aromatic rings. The Kier molecular flexibility index (Phi) is 4.90. The van der Waals surface area contributed by atoms with Crippen LogP contribution in [-0.4, -0.2) is 25.3 Å². The summed E-state index contributed by atoms with van der Waals surface area (Å²) in [6.45, 7) is 3.09. The number of ether oxygens (including phenoxy) is 2. The van der Waals surface area contributed by atoms with Crippen LogP contribution in [0.5, 0.6) is 0 Å². The van der Waals surface area contributed by atoms with E-state index >= 15 is 0 Å². The molecular formula is C10H20N2O2. The van der Waals surface area contributed by atoms with Crippen molar-refractivity contribution in [3.63, 3.8) is 0 Å². The number of hydrogen-bond donors (Lipinski definition) is 2. The van der Waals surface area contributed by atoms with Gasteiger partial charge in [0.05, 0.1) is 18.5 Å². The maximum Gasteiger partial charge on any atom is 0.147 e. The first kappa shape index (κ1) is 11.5. The van der Waals surface area contributed by atoms with Crippen molar-refractivity contribution in [3.05, 3.63) is 0 Å². The first-order valence-electron chi connectivity index (χ1n) is 5.29. The van der Waals surface area contributed by atoms with Crippen molar-refractivity contribution in [1.82, 2.24) is 0 Å². The number of hydrogen-bond acceptors (Lipinski definition) is 3. The smallest absolute Gasteiger partial charge is 0.147 e. The quantitative estimate of drug-likeness (QED) is 0.388. The summed E-state index contributed by atoms with van der Waals surface area (Å²) in [5.74, 6) is 0.278. The summed E-state index contributed by atoms with van der Waals surface area (Å²) in [5.41, 5.74) is 5.55. The van der Waals surface area contributed by atoms with Gasteiger partial charge in [0.2, 0.25) is 0 Å². The minimum absolute atomic E-state index is 0.00403. The van der Waals surface area contributed by atoms with Gasteiger partial charge in [-0.25, -0.2) is 0 Å². The number of nitrogens with one attached hydrogen (secondary N) is 1. The monoisotopic (exact) mass is 200 g/mol. The van der Waals surface area contributed by atoms with Gasteiger partial charge in [0, 0.05) is 5.92 Å². The van der Waals surface area contributed by atoms with Gasteiger partial charge in [-0.3, -0.25) is 5.41 Å². The van der Waals surface area contributed by atoms with Crippen LogP contribution in [0.15, 0.2) is 0 Å². The van der Waals surface area contributed by atoms with Crippen LogP contribution in [0, 0.1) is 11.3 Å². The average Bonchev–Trinajstić information content (AvgIpc) is 2.64. The zero-order valence-corrected chi connectivity index (χ0v) is 8.79. The molecule has 1 heterocycles. The van der Waals surface area contributed by atoms with Gasteiger partial charge < -0.3 is 15.2 Å². The van der Waals surface area contributed by atoms with E-state index in [4.69, 9.17) is 20.6 Å². The van der Waals surface area contributed by atoms with Gasteiger partial charge >= 0.3 is 0 Å². The summed E-state index contributed by atoms with van der Waals surface area (Å²) in [6, 6.07) is 0.